The Morgan fingerprint density at radius 1 is 1.12 bits per heavy atom. The van der Waals surface area contributed by atoms with Crippen LogP contribution in [-0.4, -0.2) is 25.1 Å². The molecule has 6 nitrogen and oxygen atoms in total. The molecule has 2 aromatic rings. The second kappa shape index (κ2) is 9.46. The average molecular weight is 355 g/mol. The minimum Gasteiger partial charge on any atom is -0.491 e. The van der Waals surface area contributed by atoms with Crippen molar-refractivity contribution in [3.63, 3.8) is 0 Å². The van der Waals surface area contributed by atoms with Crippen LogP contribution in [0.2, 0.25) is 0 Å². The zero-order valence-corrected chi connectivity index (χ0v) is 15.1. The molecule has 0 aliphatic rings. The van der Waals surface area contributed by atoms with Gasteiger partial charge in [0.2, 0.25) is 5.91 Å². The van der Waals surface area contributed by atoms with E-state index >= 15 is 0 Å². The second-order valence-corrected chi connectivity index (χ2v) is 6.14. The van der Waals surface area contributed by atoms with Crippen LogP contribution in [0.5, 0.6) is 5.75 Å². The average Bonchev–Trinajstić information content (AvgIpc) is 2.60. The summed E-state index contributed by atoms with van der Waals surface area (Å²) < 4.78 is 5.69. The number of carbonyl (C=O) groups is 2. The van der Waals surface area contributed by atoms with Crippen molar-refractivity contribution in [2.24, 2.45) is 5.73 Å². The van der Waals surface area contributed by atoms with E-state index in [1.165, 1.54) is 5.56 Å². The molecule has 0 aliphatic heterocycles. The van der Waals surface area contributed by atoms with Gasteiger partial charge in [-0.3, -0.25) is 4.79 Å². The van der Waals surface area contributed by atoms with E-state index in [0.29, 0.717) is 13.2 Å². The molecule has 6 heteroatoms. The van der Waals surface area contributed by atoms with Crippen molar-refractivity contribution < 1.29 is 14.3 Å². The number of nitrogens with one attached hydrogen (secondary N) is 2. The Labute approximate surface area is 153 Å². The van der Waals surface area contributed by atoms with Crippen molar-refractivity contribution in [2.45, 2.75) is 26.3 Å². The molecule has 2 rings (SSSR count). The lowest BCUT2D eigenvalue weighted by atomic mass is 10.0. The first-order valence-corrected chi connectivity index (χ1v) is 8.53. The van der Waals surface area contributed by atoms with Gasteiger partial charge in [-0.2, -0.15) is 0 Å². The summed E-state index contributed by atoms with van der Waals surface area (Å²) in [6.45, 7) is 4.76. The van der Waals surface area contributed by atoms with Crippen LogP contribution in [0.15, 0.2) is 48.5 Å². The van der Waals surface area contributed by atoms with Gasteiger partial charge in [0.05, 0.1) is 19.0 Å². The van der Waals surface area contributed by atoms with Gasteiger partial charge in [0.15, 0.2) is 0 Å². The zero-order valence-electron chi connectivity index (χ0n) is 15.1. The predicted molar refractivity (Wildman–Crippen MR) is 101 cm³/mol. The van der Waals surface area contributed by atoms with Gasteiger partial charge in [-0.15, -0.1) is 0 Å². The summed E-state index contributed by atoms with van der Waals surface area (Å²) in [7, 11) is 0. The Morgan fingerprint density at radius 3 is 2.50 bits per heavy atom. The van der Waals surface area contributed by atoms with E-state index in [0.717, 1.165) is 16.9 Å². The van der Waals surface area contributed by atoms with Gasteiger partial charge in [-0.05, 0) is 31.0 Å². The maximum absolute atomic E-state index is 12.2. The quantitative estimate of drug-likeness (QED) is 0.635. The molecule has 0 saturated heterocycles. The van der Waals surface area contributed by atoms with E-state index in [1.54, 1.807) is 0 Å². The lowest BCUT2D eigenvalue weighted by molar-refractivity contribution is -0.121. The Balaban J connectivity index is 1.81. The Morgan fingerprint density at radius 2 is 1.85 bits per heavy atom. The molecule has 0 bridgehead atoms. The fourth-order valence-electron chi connectivity index (χ4n) is 2.68. The lowest BCUT2D eigenvalue weighted by Gasteiger charge is -2.18. The van der Waals surface area contributed by atoms with Crippen LogP contribution in [0.1, 0.15) is 29.2 Å². The largest absolute Gasteiger partial charge is 0.491 e. The summed E-state index contributed by atoms with van der Waals surface area (Å²) in [4.78, 5) is 23.4. The zero-order chi connectivity index (χ0) is 18.9. The van der Waals surface area contributed by atoms with Crippen molar-refractivity contribution in [1.82, 2.24) is 10.6 Å². The molecule has 0 radical (unpaired) electrons. The third-order valence-corrected chi connectivity index (χ3v) is 3.92. The molecule has 2 aromatic carbocycles. The van der Waals surface area contributed by atoms with Crippen LogP contribution < -0.4 is 21.1 Å². The molecule has 0 spiro atoms. The first-order chi connectivity index (χ1) is 12.5. The number of aryl methyl sites for hydroxylation is 2. The van der Waals surface area contributed by atoms with Gasteiger partial charge < -0.3 is 21.1 Å². The van der Waals surface area contributed by atoms with E-state index in [-0.39, 0.29) is 12.3 Å². The third-order valence-electron chi connectivity index (χ3n) is 3.92. The number of hydrogen-bond acceptors (Lipinski definition) is 3. The summed E-state index contributed by atoms with van der Waals surface area (Å²) in [5.74, 6) is 0.624. The van der Waals surface area contributed by atoms with Gasteiger partial charge in [0.25, 0.3) is 0 Å². The highest BCUT2D eigenvalue weighted by Gasteiger charge is 2.17. The molecular weight excluding hydrogens is 330 g/mol. The number of rotatable bonds is 8. The van der Waals surface area contributed by atoms with Crippen molar-refractivity contribution in [3.8, 4) is 5.75 Å². The monoisotopic (exact) mass is 355 g/mol. The van der Waals surface area contributed by atoms with Crippen LogP contribution in [0.3, 0.4) is 0 Å². The molecule has 0 aromatic heterocycles. The number of carbonyl (C=O) groups excluding carboxylic acids is 2. The van der Waals surface area contributed by atoms with Crippen LogP contribution in [0, 0.1) is 13.8 Å². The molecule has 1 unspecified atom stereocenters. The van der Waals surface area contributed by atoms with E-state index < -0.39 is 12.1 Å². The van der Waals surface area contributed by atoms with E-state index in [2.05, 4.69) is 10.6 Å². The van der Waals surface area contributed by atoms with Crippen molar-refractivity contribution in [2.75, 3.05) is 13.2 Å². The minimum absolute atomic E-state index is 0.108. The Kier molecular flexibility index (Phi) is 7.02. The standard InChI is InChI=1S/C20H25N3O3/c1-14-8-9-18(15(2)12-14)26-11-10-22-19(24)13-17(23-20(21)25)16-6-4-3-5-7-16/h3-9,12,17H,10-11,13H2,1-2H3,(H,22,24)(H3,21,23,25). The van der Waals surface area contributed by atoms with Crippen LogP contribution in [-0.2, 0) is 4.79 Å². The Bertz CT molecular complexity index is 747. The summed E-state index contributed by atoms with van der Waals surface area (Å²) in [5.41, 5.74) is 8.28. The third kappa shape index (κ3) is 6.12. The summed E-state index contributed by atoms with van der Waals surface area (Å²) >= 11 is 0. The molecule has 1 atom stereocenters. The van der Waals surface area contributed by atoms with Gasteiger partial charge >= 0.3 is 6.03 Å². The molecular formula is C20H25N3O3. The fourth-order valence-corrected chi connectivity index (χ4v) is 2.68. The SMILES string of the molecule is Cc1ccc(OCCNC(=O)CC(NC(N)=O)c2ccccc2)c(C)c1. The van der Waals surface area contributed by atoms with Crippen molar-refractivity contribution >= 4 is 11.9 Å². The number of urea groups is 1. The van der Waals surface area contributed by atoms with Gasteiger partial charge in [-0.1, -0.05) is 48.0 Å². The predicted octanol–water partition coefficient (Wildman–Crippen LogP) is 2.60. The summed E-state index contributed by atoms with van der Waals surface area (Å²) in [5, 5.41) is 5.40. The highest BCUT2D eigenvalue weighted by molar-refractivity contribution is 5.78. The molecule has 138 valence electrons. The molecule has 0 saturated carbocycles. The summed E-state index contributed by atoms with van der Waals surface area (Å²) in [6, 6.07) is 14.1. The van der Waals surface area contributed by atoms with Crippen molar-refractivity contribution in [1.29, 1.82) is 0 Å². The van der Waals surface area contributed by atoms with Gasteiger partial charge in [0.1, 0.15) is 12.4 Å². The van der Waals surface area contributed by atoms with E-state index in [1.807, 2.05) is 62.4 Å². The minimum atomic E-state index is -0.662. The maximum Gasteiger partial charge on any atom is 0.312 e. The Hall–Kier alpha value is -3.02. The van der Waals surface area contributed by atoms with Gasteiger partial charge in [-0.25, -0.2) is 4.79 Å². The highest BCUT2D eigenvalue weighted by Crippen LogP contribution is 2.18. The van der Waals surface area contributed by atoms with Gasteiger partial charge in [0, 0.05) is 0 Å². The molecule has 3 amide bonds. The normalized spacial score (nSPS) is 11.5. The molecule has 0 heterocycles. The molecule has 0 aliphatic carbocycles. The first kappa shape index (κ1) is 19.3. The number of ether oxygens (including phenoxy) is 1. The van der Waals surface area contributed by atoms with Crippen LogP contribution >= 0.6 is 0 Å². The summed E-state index contributed by atoms with van der Waals surface area (Å²) in [6.07, 6.45) is 0.108. The number of primary amides is 1. The van der Waals surface area contributed by atoms with Crippen LogP contribution in [0.4, 0.5) is 4.79 Å². The first-order valence-electron chi connectivity index (χ1n) is 8.53. The smallest absolute Gasteiger partial charge is 0.312 e. The van der Waals surface area contributed by atoms with Crippen molar-refractivity contribution in [3.05, 3.63) is 65.2 Å². The lowest BCUT2D eigenvalue weighted by Crippen LogP contribution is -2.37. The fraction of sp³-hybridized carbons (Fsp3) is 0.300. The number of nitrogens with two attached hydrogens (primary N) is 1. The number of benzene rings is 2. The molecule has 26 heavy (non-hydrogen) atoms. The number of amides is 3. The topological polar surface area (TPSA) is 93.4 Å². The molecule has 0 fully saturated rings. The van der Waals surface area contributed by atoms with E-state index in [9.17, 15) is 9.59 Å². The maximum atomic E-state index is 12.2. The molecule has 4 N–H and O–H groups in total. The highest BCUT2D eigenvalue weighted by atomic mass is 16.5. The van der Waals surface area contributed by atoms with E-state index in [4.69, 9.17) is 10.5 Å². The number of hydrogen-bond donors (Lipinski definition) is 3. The van der Waals surface area contributed by atoms with Crippen LogP contribution in [0.25, 0.3) is 0 Å². The second-order valence-electron chi connectivity index (χ2n) is 6.14.